The minimum absolute atomic E-state index is 0.206. The lowest BCUT2D eigenvalue weighted by Crippen LogP contribution is -2.17. The van der Waals surface area contributed by atoms with Gasteiger partial charge in [0.2, 0.25) is 0 Å². The molecule has 0 saturated heterocycles. The summed E-state index contributed by atoms with van der Waals surface area (Å²) < 4.78 is 18.1. The number of carbonyl (C=O) groups excluding carboxylic acids is 1. The molecular formula is C25H24N6O4S. The summed E-state index contributed by atoms with van der Waals surface area (Å²) in [6.07, 6.45) is 0. The molecule has 0 fully saturated rings. The van der Waals surface area contributed by atoms with Crippen LogP contribution in [0.2, 0.25) is 0 Å². The van der Waals surface area contributed by atoms with Crippen molar-refractivity contribution in [2.45, 2.75) is 24.8 Å². The van der Waals surface area contributed by atoms with Crippen molar-refractivity contribution in [1.82, 2.24) is 25.0 Å². The fraction of sp³-hybridized carbons (Fsp3) is 0.240. The summed E-state index contributed by atoms with van der Waals surface area (Å²) in [5.41, 5.74) is 3.89. The van der Waals surface area contributed by atoms with Crippen molar-refractivity contribution in [3.63, 3.8) is 0 Å². The Kier molecular flexibility index (Phi) is 6.72. The Hall–Kier alpha value is -4.12. The normalized spacial score (nSPS) is 12.3. The van der Waals surface area contributed by atoms with Gasteiger partial charge in [-0.2, -0.15) is 0 Å². The highest BCUT2D eigenvalue weighted by molar-refractivity contribution is 7.98. The molecule has 0 aliphatic carbocycles. The fourth-order valence-electron chi connectivity index (χ4n) is 3.74. The van der Waals surface area contributed by atoms with Crippen LogP contribution in [-0.2, 0) is 5.75 Å². The van der Waals surface area contributed by atoms with Crippen molar-refractivity contribution in [3.8, 4) is 22.9 Å². The number of nitrogens with zero attached hydrogens (tertiary/aromatic N) is 5. The van der Waals surface area contributed by atoms with E-state index in [1.54, 1.807) is 30.0 Å². The third-order valence-corrected chi connectivity index (χ3v) is 6.25. The van der Waals surface area contributed by atoms with Crippen molar-refractivity contribution >= 4 is 23.4 Å². The first-order valence-corrected chi connectivity index (χ1v) is 12.2. The monoisotopic (exact) mass is 504 g/mol. The molecule has 0 atom stereocenters. The van der Waals surface area contributed by atoms with Crippen molar-refractivity contribution in [2.75, 3.05) is 25.6 Å². The van der Waals surface area contributed by atoms with Gasteiger partial charge in [-0.25, -0.2) is 14.6 Å². The van der Waals surface area contributed by atoms with Crippen LogP contribution in [0.4, 0.5) is 5.69 Å². The molecule has 1 aliphatic rings. The number of ether oxygens (including phenoxy) is 3. The predicted molar refractivity (Wildman–Crippen MR) is 134 cm³/mol. The first-order valence-electron chi connectivity index (χ1n) is 11.3. The second kappa shape index (κ2) is 10.2. The molecule has 1 amide bonds. The van der Waals surface area contributed by atoms with Crippen LogP contribution in [-0.4, -0.2) is 51.2 Å². The van der Waals surface area contributed by atoms with Crippen molar-refractivity contribution in [2.24, 2.45) is 0 Å². The van der Waals surface area contributed by atoms with E-state index in [2.05, 4.69) is 25.6 Å². The van der Waals surface area contributed by atoms with Gasteiger partial charge in [0.15, 0.2) is 22.3 Å². The highest BCUT2D eigenvalue weighted by Gasteiger charge is 2.22. The molecular weight excluding hydrogens is 480 g/mol. The molecule has 0 saturated carbocycles. The zero-order valence-electron chi connectivity index (χ0n) is 20.0. The maximum atomic E-state index is 13.3. The molecule has 0 spiro atoms. The molecule has 36 heavy (non-hydrogen) atoms. The second-order valence-corrected chi connectivity index (χ2v) is 8.97. The molecule has 3 heterocycles. The Labute approximate surface area is 212 Å². The number of benzene rings is 2. The Morgan fingerprint density at radius 3 is 2.47 bits per heavy atom. The van der Waals surface area contributed by atoms with E-state index >= 15 is 0 Å². The zero-order valence-corrected chi connectivity index (χ0v) is 20.8. The molecule has 1 N–H and O–H groups in total. The minimum Gasteiger partial charge on any atom is -0.497 e. The summed E-state index contributed by atoms with van der Waals surface area (Å²) in [6, 6.07) is 14.6. The number of amides is 1. The summed E-state index contributed by atoms with van der Waals surface area (Å²) in [5, 5.41) is 12.0. The number of aryl methyl sites for hydroxylation is 2. The predicted octanol–water partition coefficient (Wildman–Crippen LogP) is 4.00. The molecule has 5 rings (SSSR count). The number of anilines is 1. The van der Waals surface area contributed by atoms with Gasteiger partial charge in [0, 0.05) is 28.9 Å². The summed E-state index contributed by atoms with van der Waals surface area (Å²) in [5.74, 6) is 1.95. The number of hydrogen-bond acceptors (Lipinski definition) is 9. The molecule has 2 aromatic heterocycles. The van der Waals surface area contributed by atoms with Crippen LogP contribution in [0.3, 0.4) is 0 Å². The van der Waals surface area contributed by atoms with Crippen molar-refractivity contribution < 1.29 is 19.0 Å². The Morgan fingerprint density at radius 1 is 1.03 bits per heavy atom. The van der Waals surface area contributed by atoms with Crippen LogP contribution in [0.25, 0.3) is 5.69 Å². The topological polar surface area (TPSA) is 113 Å². The van der Waals surface area contributed by atoms with Gasteiger partial charge in [-0.3, -0.25) is 4.79 Å². The maximum Gasteiger partial charge on any atom is 0.278 e. The molecule has 2 aromatic carbocycles. The lowest BCUT2D eigenvalue weighted by atomic mass is 10.2. The largest absolute Gasteiger partial charge is 0.497 e. The number of fused-ring (bicyclic) bond motifs is 1. The number of hydrogen-bond donors (Lipinski definition) is 1. The van der Waals surface area contributed by atoms with E-state index in [-0.39, 0.29) is 11.6 Å². The average molecular weight is 505 g/mol. The van der Waals surface area contributed by atoms with Gasteiger partial charge in [0.05, 0.1) is 18.5 Å². The Morgan fingerprint density at radius 2 is 1.75 bits per heavy atom. The van der Waals surface area contributed by atoms with E-state index in [0.29, 0.717) is 47.0 Å². The smallest absolute Gasteiger partial charge is 0.278 e. The molecule has 1 aliphatic heterocycles. The highest BCUT2D eigenvalue weighted by Crippen LogP contribution is 2.33. The number of rotatable bonds is 7. The highest BCUT2D eigenvalue weighted by atomic mass is 32.2. The average Bonchev–Trinajstić information content (AvgIpc) is 3.31. The Balaban J connectivity index is 1.45. The third kappa shape index (κ3) is 5.10. The number of thioether (sulfide) groups is 1. The van der Waals surface area contributed by atoms with E-state index in [9.17, 15) is 4.79 Å². The lowest BCUT2D eigenvalue weighted by molar-refractivity contribution is 0.102. The summed E-state index contributed by atoms with van der Waals surface area (Å²) >= 11 is 1.42. The van der Waals surface area contributed by atoms with Gasteiger partial charge in [-0.15, -0.1) is 5.10 Å². The van der Waals surface area contributed by atoms with Crippen LogP contribution in [0.15, 0.2) is 53.7 Å². The molecule has 0 bridgehead atoms. The first-order chi connectivity index (χ1) is 17.5. The van der Waals surface area contributed by atoms with Crippen LogP contribution >= 0.6 is 11.8 Å². The number of aromatic nitrogens is 5. The van der Waals surface area contributed by atoms with Crippen molar-refractivity contribution in [3.05, 3.63) is 71.3 Å². The molecule has 0 radical (unpaired) electrons. The number of methoxy groups -OCH3 is 1. The van der Waals surface area contributed by atoms with E-state index < -0.39 is 0 Å². The second-order valence-electron chi connectivity index (χ2n) is 8.03. The first kappa shape index (κ1) is 23.6. The van der Waals surface area contributed by atoms with Gasteiger partial charge in [0.25, 0.3) is 5.91 Å². The van der Waals surface area contributed by atoms with E-state index in [4.69, 9.17) is 14.2 Å². The van der Waals surface area contributed by atoms with E-state index in [0.717, 1.165) is 22.8 Å². The maximum absolute atomic E-state index is 13.3. The number of nitrogens with one attached hydrogen (secondary N) is 1. The molecule has 4 aromatic rings. The van der Waals surface area contributed by atoms with Crippen LogP contribution in [0.5, 0.6) is 17.2 Å². The zero-order chi connectivity index (χ0) is 25.1. The standard InChI is InChI=1S/C25H24N6O4S/c1-15-12-16(2)27-25(26-15)36-14-20-23(29-30-31(20)18-5-7-19(33-3)8-6-18)24(32)28-17-4-9-21-22(13-17)35-11-10-34-21/h4-9,12-13H,10-11,14H2,1-3H3,(H,28,32). The van der Waals surface area contributed by atoms with Gasteiger partial charge >= 0.3 is 0 Å². The van der Waals surface area contributed by atoms with Gasteiger partial charge < -0.3 is 19.5 Å². The minimum atomic E-state index is -0.386. The number of carbonyl (C=O) groups is 1. The van der Waals surface area contributed by atoms with Crippen LogP contribution < -0.4 is 19.5 Å². The molecule has 10 nitrogen and oxygen atoms in total. The van der Waals surface area contributed by atoms with Gasteiger partial charge in [-0.1, -0.05) is 17.0 Å². The fourth-order valence-corrected chi connectivity index (χ4v) is 4.68. The SMILES string of the molecule is COc1ccc(-n2nnc(C(=O)Nc3ccc4c(c3)OCCO4)c2CSc2nc(C)cc(C)n2)cc1. The molecule has 0 unspecified atom stereocenters. The summed E-state index contributed by atoms with van der Waals surface area (Å²) in [7, 11) is 1.61. The molecule has 11 heteroatoms. The third-order valence-electron chi connectivity index (χ3n) is 5.40. The van der Waals surface area contributed by atoms with E-state index in [1.807, 2.05) is 44.2 Å². The van der Waals surface area contributed by atoms with Crippen molar-refractivity contribution in [1.29, 1.82) is 0 Å². The quantitative estimate of drug-likeness (QED) is 0.295. The van der Waals surface area contributed by atoms with Crippen LogP contribution in [0.1, 0.15) is 27.6 Å². The summed E-state index contributed by atoms with van der Waals surface area (Å²) in [4.78, 5) is 22.3. The van der Waals surface area contributed by atoms with Crippen LogP contribution in [0, 0.1) is 13.8 Å². The molecule has 184 valence electrons. The van der Waals surface area contributed by atoms with Gasteiger partial charge in [-0.05, 0) is 56.3 Å². The lowest BCUT2D eigenvalue weighted by Gasteiger charge is -2.18. The van der Waals surface area contributed by atoms with Gasteiger partial charge in [0.1, 0.15) is 19.0 Å². The summed E-state index contributed by atoms with van der Waals surface area (Å²) in [6.45, 7) is 4.81. The Bertz CT molecular complexity index is 1390. The van der Waals surface area contributed by atoms with E-state index in [1.165, 1.54) is 11.8 Å².